The minimum Gasteiger partial charge on any atom is -0.322 e. The molecule has 0 aromatic rings. The molecule has 0 aliphatic carbocycles. The lowest BCUT2D eigenvalue weighted by molar-refractivity contribution is -0.0495. The van der Waals surface area contributed by atoms with Crippen LogP contribution >= 0.6 is 15.2 Å². The lowest BCUT2D eigenvalue weighted by Gasteiger charge is -2.53. The van der Waals surface area contributed by atoms with Gasteiger partial charge in [0.25, 0.3) is 0 Å². The van der Waals surface area contributed by atoms with Crippen molar-refractivity contribution in [2.24, 2.45) is 17.3 Å². The summed E-state index contributed by atoms with van der Waals surface area (Å²) in [6, 6.07) is 0. The van der Waals surface area contributed by atoms with Gasteiger partial charge in [-0.25, -0.2) is 0 Å². The summed E-state index contributed by atoms with van der Waals surface area (Å²) in [5.41, 5.74) is -1.02. The van der Waals surface area contributed by atoms with Crippen LogP contribution in [0.2, 0.25) is 0 Å². The Hall–Kier alpha value is 0.300. The predicted molar refractivity (Wildman–Crippen MR) is 91.5 cm³/mol. The highest BCUT2D eigenvalue weighted by molar-refractivity contribution is 7.59. The Kier molecular flexibility index (Phi) is 5.50. The molecule has 0 amide bonds. The molecular formula is C15H32O6P2. The molecule has 8 heteroatoms. The molecule has 1 saturated heterocycles. The van der Waals surface area contributed by atoms with Gasteiger partial charge in [0.2, 0.25) is 0 Å². The number of hydrogen-bond acceptors (Lipinski definition) is 4. The zero-order valence-electron chi connectivity index (χ0n) is 15.7. The molecule has 1 rings (SSSR count). The van der Waals surface area contributed by atoms with Crippen molar-refractivity contribution in [1.29, 1.82) is 0 Å². The summed E-state index contributed by atoms with van der Waals surface area (Å²) in [5.74, 6) is -0.358. The van der Waals surface area contributed by atoms with Crippen molar-refractivity contribution >= 4 is 15.2 Å². The Bertz CT molecular complexity index is 540. The van der Waals surface area contributed by atoms with E-state index in [2.05, 4.69) is 0 Å². The van der Waals surface area contributed by atoms with Crippen LogP contribution in [0.25, 0.3) is 0 Å². The van der Waals surface area contributed by atoms with E-state index in [1.807, 2.05) is 27.7 Å². The maximum Gasteiger partial charge on any atom is 0.358 e. The maximum absolute atomic E-state index is 13.6. The first-order valence-electron chi connectivity index (χ1n) is 8.06. The molecule has 138 valence electrons. The van der Waals surface area contributed by atoms with E-state index in [1.54, 1.807) is 27.7 Å². The van der Waals surface area contributed by atoms with Gasteiger partial charge in [-0.15, -0.1) is 0 Å². The first-order valence-corrected chi connectivity index (χ1v) is 11.2. The minimum atomic E-state index is -4.73. The molecule has 23 heavy (non-hydrogen) atoms. The van der Waals surface area contributed by atoms with Crippen LogP contribution in [-0.4, -0.2) is 26.4 Å². The Balaban J connectivity index is 3.86. The van der Waals surface area contributed by atoms with Crippen LogP contribution in [0.3, 0.4) is 0 Å². The van der Waals surface area contributed by atoms with Crippen molar-refractivity contribution in [3.63, 3.8) is 0 Å². The van der Waals surface area contributed by atoms with Crippen molar-refractivity contribution in [1.82, 2.24) is 0 Å². The fraction of sp³-hybridized carbons (Fsp3) is 1.00. The number of hydrogen-bond donors (Lipinski definition) is 2. The summed E-state index contributed by atoms with van der Waals surface area (Å²) in [4.78, 5) is 20.2. The topological polar surface area (TPSA) is 93.1 Å². The molecule has 2 unspecified atom stereocenters. The predicted octanol–water partition coefficient (Wildman–Crippen LogP) is 4.61. The molecule has 0 spiro atoms. The molecule has 0 aromatic carbocycles. The molecular weight excluding hydrogens is 338 g/mol. The molecule has 1 aliphatic rings. The van der Waals surface area contributed by atoms with E-state index >= 15 is 0 Å². The monoisotopic (exact) mass is 370 g/mol. The third kappa shape index (κ3) is 2.61. The van der Waals surface area contributed by atoms with Crippen molar-refractivity contribution < 1.29 is 28.0 Å². The van der Waals surface area contributed by atoms with E-state index in [4.69, 9.17) is 9.05 Å². The van der Waals surface area contributed by atoms with Crippen LogP contribution in [0.4, 0.5) is 0 Å². The Morgan fingerprint density at radius 2 is 1.39 bits per heavy atom. The van der Waals surface area contributed by atoms with Crippen molar-refractivity contribution in [3.8, 4) is 0 Å². The lowest BCUT2D eigenvalue weighted by Crippen LogP contribution is -2.58. The zero-order valence-corrected chi connectivity index (χ0v) is 17.4. The average molecular weight is 370 g/mol. The first kappa shape index (κ1) is 21.3. The highest BCUT2D eigenvalue weighted by Crippen LogP contribution is 2.86. The van der Waals surface area contributed by atoms with Crippen molar-refractivity contribution in [2.45, 2.75) is 78.9 Å². The van der Waals surface area contributed by atoms with Crippen LogP contribution in [0.15, 0.2) is 0 Å². The highest BCUT2D eigenvalue weighted by Gasteiger charge is 2.80. The molecule has 2 atom stereocenters. The molecule has 0 saturated carbocycles. The van der Waals surface area contributed by atoms with Gasteiger partial charge in [-0.1, -0.05) is 27.7 Å². The van der Waals surface area contributed by atoms with E-state index in [-0.39, 0.29) is 17.9 Å². The second-order valence-electron chi connectivity index (χ2n) is 8.01. The standard InChI is InChI=1S/C15H32O6P2/c1-10(2)15(11(3)4)13(7,8)23(19,20-12(5)6)21-14(15,9)22(16,17)18/h10-12H,1-9H3,(H2,16,17,18). The van der Waals surface area contributed by atoms with Crippen molar-refractivity contribution in [2.75, 3.05) is 0 Å². The van der Waals surface area contributed by atoms with Crippen LogP contribution in [0.5, 0.6) is 0 Å². The van der Waals surface area contributed by atoms with Gasteiger partial charge >= 0.3 is 15.2 Å². The van der Waals surface area contributed by atoms with Gasteiger partial charge in [0, 0.05) is 5.41 Å². The van der Waals surface area contributed by atoms with Gasteiger partial charge in [0.1, 0.15) is 0 Å². The van der Waals surface area contributed by atoms with E-state index in [1.165, 1.54) is 6.92 Å². The van der Waals surface area contributed by atoms with E-state index in [9.17, 15) is 18.9 Å². The smallest absolute Gasteiger partial charge is 0.322 e. The Morgan fingerprint density at radius 1 is 1.00 bits per heavy atom. The number of rotatable bonds is 5. The molecule has 1 fully saturated rings. The second-order valence-corrected chi connectivity index (χ2v) is 12.5. The SMILES string of the molecule is CC(C)OP1(=O)OC(C)(P(=O)(O)O)C(C(C)C)(C(C)C)C1(C)C. The summed E-state index contributed by atoms with van der Waals surface area (Å²) in [6.45, 7) is 15.9. The van der Waals surface area contributed by atoms with Crippen LogP contribution < -0.4 is 0 Å². The summed E-state index contributed by atoms with van der Waals surface area (Å²) < 4.78 is 37.4. The maximum atomic E-state index is 13.6. The summed E-state index contributed by atoms with van der Waals surface area (Å²) in [5, 5.41) is -2.93. The normalized spacial score (nSPS) is 33.8. The molecule has 0 radical (unpaired) electrons. The van der Waals surface area contributed by atoms with Gasteiger partial charge in [-0.3, -0.25) is 13.7 Å². The third-order valence-corrected chi connectivity index (χ3v) is 10.3. The molecule has 0 aromatic heterocycles. The average Bonchev–Trinajstić information content (AvgIpc) is 2.37. The van der Waals surface area contributed by atoms with Crippen molar-refractivity contribution in [3.05, 3.63) is 0 Å². The van der Waals surface area contributed by atoms with Gasteiger partial charge in [0.15, 0.2) is 5.34 Å². The van der Waals surface area contributed by atoms with Gasteiger partial charge in [0.05, 0.1) is 11.3 Å². The molecule has 2 N–H and O–H groups in total. The third-order valence-electron chi connectivity index (χ3n) is 5.49. The lowest BCUT2D eigenvalue weighted by atomic mass is 9.58. The summed E-state index contributed by atoms with van der Waals surface area (Å²) in [7, 11) is -8.50. The molecule has 1 aliphatic heterocycles. The minimum absolute atomic E-state index is 0.179. The molecule has 6 nitrogen and oxygen atoms in total. The van der Waals surface area contributed by atoms with Crippen LogP contribution in [0, 0.1) is 17.3 Å². The largest absolute Gasteiger partial charge is 0.358 e. The highest BCUT2D eigenvalue weighted by atomic mass is 31.2. The fourth-order valence-electron chi connectivity index (χ4n) is 5.09. The summed E-state index contributed by atoms with van der Waals surface area (Å²) >= 11 is 0. The fourth-order valence-corrected chi connectivity index (χ4v) is 10.1. The zero-order chi connectivity index (χ0) is 18.6. The first-order chi connectivity index (χ1) is 10.0. The van der Waals surface area contributed by atoms with Crippen LogP contribution in [-0.2, 0) is 18.2 Å². The Labute approximate surface area is 140 Å². The second kappa shape index (κ2) is 5.93. The van der Waals surface area contributed by atoms with E-state index in [0.717, 1.165) is 0 Å². The Morgan fingerprint density at radius 3 is 1.61 bits per heavy atom. The quantitative estimate of drug-likeness (QED) is 0.687. The van der Waals surface area contributed by atoms with Gasteiger partial charge < -0.3 is 14.3 Å². The van der Waals surface area contributed by atoms with E-state index in [0.29, 0.717) is 0 Å². The molecule has 0 bridgehead atoms. The van der Waals surface area contributed by atoms with Gasteiger partial charge in [-0.2, -0.15) is 0 Å². The summed E-state index contributed by atoms with van der Waals surface area (Å²) in [6.07, 6.45) is -0.378. The van der Waals surface area contributed by atoms with E-state index < -0.39 is 31.1 Å². The molecule has 1 heterocycles. The van der Waals surface area contributed by atoms with Crippen LogP contribution in [0.1, 0.15) is 62.3 Å². The van der Waals surface area contributed by atoms with Gasteiger partial charge in [-0.05, 0) is 46.5 Å².